The Morgan fingerprint density at radius 3 is 2.75 bits per heavy atom. The highest BCUT2D eigenvalue weighted by Crippen LogP contribution is 2.29. The predicted octanol–water partition coefficient (Wildman–Crippen LogP) is 2.51. The van der Waals surface area contributed by atoms with E-state index in [1.54, 1.807) is 0 Å². The van der Waals surface area contributed by atoms with Gasteiger partial charge in [0.1, 0.15) is 5.52 Å². The number of aryl methyl sites for hydroxylation is 2. The van der Waals surface area contributed by atoms with E-state index in [1.807, 2.05) is 0 Å². The zero-order chi connectivity index (χ0) is 13.4. The summed E-state index contributed by atoms with van der Waals surface area (Å²) in [5.74, 6) is 0. The standard InChI is InChI=1S/C16H21N3O/c1-2-5-13-11-15-14(10-12(13)4-1)18-16(20-15)19-8-3-6-17-7-9-19/h10-11,17H,1-9H2. The first-order valence-electron chi connectivity index (χ1n) is 7.78. The maximum Gasteiger partial charge on any atom is 0.298 e. The molecule has 4 heteroatoms. The van der Waals surface area contributed by atoms with E-state index in [0.29, 0.717) is 0 Å². The van der Waals surface area contributed by atoms with Gasteiger partial charge in [-0.2, -0.15) is 4.98 Å². The van der Waals surface area contributed by atoms with Gasteiger partial charge in [0.25, 0.3) is 6.01 Å². The van der Waals surface area contributed by atoms with Crippen LogP contribution >= 0.6 is 0 Å². The third-order valence-corrected chi connectivity index (χ3v) is 4.45. The number of hydrogen-bond acceptors (Lipinski definition) is 4. The van der Waals surface area contributed by atoms with Crippen molar-refractivity contribution >= 4 is 17.1 Å². The van der Waals surface area contributed by atoms with Crippen LogP contribution in [0, 0.1) is 0 Å². The Kier molecular flexibility index (Phi) is 3.11. The van der Waals surface area contributed by atoms with E-state index in [4.69, 9.17) is 9.40 Å². The van der Waals surface area contributed by atoms with Crippen LogP contribution in [-0.4, -0.2) is 31.2 Å². The van der Waals surface area contributed by atoms with E-state index >= 15 is 0 Å². The second-order valence-corrected chi connectivity index (χ2v) is 5.88. The Balaban J connectivity index is 1.70. The van der Waals surface area contributed by atoms with Gasteiger partial charge in [-0.1, -0.05) is 0 Å². The summed E-state index contributed by atoms with van der Waals surface area (Å²) in [4.78, 5) is 6.98. The van der Waals surface area contributed by atoms with Crippen molar-refractivity contribution in [3.63, 3.8) is 0 Å². The quantitative estimate of drug-likeness (QED) is 0.865. The highest BCUT2D eigenvalue weighted by atomic mass is 16.4. The van der Waals surface area contributed by atoms with E-state index in [1.165, 1.54) is 36.8 Å². The van der Waals surface area contributed by atoms with Gasteiger partial charge in [-0.25, -0.2) is 0 Å². The molecule has 0 unspecified atom stereocenters. The summed E-state index contributed by atoms with van der Waals surface area (Å²) in [5, 5.41) is 3.41. The van der Waals surface area contributed by atoms with Crippen molar-refractivity contribution < 1.29 is 4.42 Å². The SMILES string of the molecule is c1c2c(cc3oc(N4CCCNCC4)nc13)CCCC2. The molecule has 4 rings (SSSR count). The summed E-state index contributed by atoms with van der Waals surface area (Å²) in [5.41, 5.74) is 4.92. The van der Waals surface area contributed by atoms with Gasteiger partial charge in [0.05, 0.1) is 0 Å². The molecule has 0 spiro atoms. The molecule has 106 valence electrons. The summed E-state index contributed by atoms with van der Waals surface area (Å²) in [6.45, 7) is 4.10. The fourth-order valence-electron chi connectivity index (χ4n) is 3.32. The van der Waals surface area contributed by atoms with Crippen LogP contribution in [0.1, 0.15) is 30.4 Å². The second kappa shape index (κ2) is 5.09. The summed E-state index contributed by atoms with van der Waals surface area (Å²) in [6, 6.07) is 5.26. The Hall–Kier alpha value is -1.55. The highest BCUT2D eigenvalue weighted by Gasteiger charge is 2.18. The normalized spacial score (nSPS) is 19.9. The average molecular weight is 271 g/mol. The maximum atomic E-state index is 6.02. The Morgan fingerprint density at radius 1 is 1.00 bits per heavy atom. The van der Waals surface area contributed by atoms with Gasteiger partial charge in [-0.3, -0.25) is 0 Å². The third kappa shape index (κ3) is 2.18. The van der Waals surface area contributed by atoms with Gasteiger partial charge in [0, 0.05) is 19.6 Å². The second-order valence-electron chi connectivity index (χ2n) is 5.88. The molecule has 4 nitrogen and oxygen atoms in total. The number of nitrogens with one attached hydrogen (secondary N) is 1. The number of hydrogen-bond donors (Lipinski definition) is 1. The zero-order valence-electron chi connectivity index (χ0n) is 11.8. The number of aromatic nitrogens is 1. The first-order chi connectivity index (χ1) is 9.90. The number of anilines is 1. The Morgan fingerprint density at radius 2 is 1.85 bits per heavy atom. The number of benzene rings is 1. The van der Waals surface area contributed by atoms with Crippen LogP contribution in [-0.2, 0) is 12.8 Å². The number of nitrogens with zero attached hydrogens (tertiary/aromatic N) is 2. The average Bonchev–Trinajstić information content (AvgIpc) is 2.71. The fourth-order valence-corrected chi connectivity index (χ4v) is 3.32. The van der Waals surface area contributed by atoms with Crippen molar-refractivity contribution in [1.29, 1.82) is 0 Å². The van der Waals surface area contributed by atoms with Crippen molar-refractivity contribution in [2.45, 2.75) is 32.1 Å². The summed E-state index contributed by atoms with van der Waals surface area (Å²) < 4.78 is 6.02. The maximum absolute atomic E-state index is 6.02. The number of oxazole rings is 1. The van der Waals surface area contributed by atoms with Crippen LogP contribution in [0.25, 0.3) is 11.1 Å². The molecule has 0 saturated carbocycles. The van der Waals surface area contributed by atoms with E-state index < -0.39 is 0 Å². The summed E-state index contributed by atoms with van der Waals surface area (Å²) in [7, 11) is 0. The van der Waals surface area contributed by atoms with Gasteiger partial charge < -0.3 is 14.6 Å². The van der Waals surface area contributed by atoms with Crippen LogP contribution in [0.4, 0.5) is 6.01 Å². The van der Waals surface area contributed by atoms with Crippen molar-refractivity contribution in [2.75, 3.05) is 31.1 Å². The monoisotopic (exact) mass is 271 g/mol. The molecule has 2 aromatic rings. The minimum Gasteiger partial charge on any atom is -0.423 e. The molecule has 0 atom stereocenters. The third-order valence-electron chi connectivity index (χ3n) is 4.45. The molecule has 1 aliphatic carbocycles. The van der Waals surface area contributed by atoms with Gasteiger partial charge >= 0.3 is 0 Å². The number of fused-ring (bicyclic) bond motifs is 2. The molecular formula is C16H21N3O. The molecule has 0 radical (unpaired) electrons. The van der Waals surface area contributed by atoms with Crippen molar-refractivity contribution in [3.8, 4) is 0 Å². The van der Waals surface area contributed by atoms with Crippen molar-refractivity contribution in [2.24, 2.45) is 0 Å². The number of rotatable bonds is 1. The molecular weight excluding hydrogens is 250 g/mol. The van der Waals surface area contributed by atoms with Gasteiger partial charge in [-0.05, 0) is 61.9 Å². The molecule has 1 saturated heterocycles. The first kappa shape index (κ1) is 12.2. The minimum absolute atomic E-state index is 0.797. The van der Waals surface area contributed by atoms with Crippen molar-refractivity contribution in [3.05, 3.63) is 23.3 Å². The zero-order valence-corrected chi connectivity index (χ0v) is 11.8. The molecule has 1 aromatic carbocycles. The lowest BCUT2D eigenvalue weighted by Crippen LogP contribution is -2.27. The van der Waals surface area contributed by atoms with Crippen LogP contribution in [0.3, 0.4) is 0 Å². The Bertz CT molecular complexity index is 568. The largest absolute Gasteiger partial charge is 0.423 e. The molecule has 1 aliphatic heterocycles. The molecule has 0 bridgehead atoms. The van der Waals surface area contributed by atoms with Crippen LogP contribution < -0.4 is 10.2 Å². The van der Waals surface area contributed by atoms with E-state index in [2.05, 4.69) is 22.3 Å². The molecule has 1 aromatic heterocycles. The highest BCUT2D eigenvalue weighted by molar-refractivity contribution is 5.77. The van der Waals surface area contributed by atoms with Crippen LogP contribution in [0.5, 0.6) is 0 Å². The smallest absolute Gasteiger partial charge is 0.298 e. The van der Waals surface area contributed by atoms with Gasteiger partial charge in [0.2, 0.25) is 0 Å². The van der Waals surface area contributed by atoms with Gasteiger partial charge in [-0.15, -0.1) is 0 Å². The topological polar surface area (TPSA) is 41.3 Å². The van der Waals surface area contributed by atoms with E-state index in [-0.39, 0.29) is 0 Å². The van der Waals surface area contributed by atoms with Crippen LogP contribution in [0.15, 0.2) is 16.5 Å². The molecule has 1 fully saturated rings. The van der Waals surface area contributed by atoms with Crippen molar-refractivity contribution in [1.82, 2.24) is 10.3 Å². The summed E-state index contributed by atoms with van der Waals surface area (Å²) >= 11 is 0. The first-order valence-corrected chi connectivity index (χ1v) is 7.78. The van der Waals surface area contributed by atoms with Gasteiger partial charge in [0.15, 0.2) is 5.58 Å². The molecule has 0 amide bonds. The lowest BCUT2D eigenvalue weighted by Gasteiger charge is -2.16. The predicted molar refractivity (Wildman–Crippen MR) is 80.4 cm³/mol. The van der Waals surface area contributed by atoms with Crippen LogP contribution in [0.2, 0.25) is 0 Å². The minimum atomic E-state index is 0.797. The molecule has 2 heterocycles. The van der Waals surface area contributed by atoms with E-state index in [0.717, 1.165) is 49.7 Å². The molecule has 20 heavy (non-hydrogen) atoms. The summed E-state index contributed by atoms with van der Waals surface area (Å²) in [6.07, 6.45) is 6.14. The lowest BCUT2D eigenvalue weighted by atomic mass is 9.91. The Labute approximate surface area is 119 Å². The molecule has 2 aliphatic rings. The lowest BCUT2D eigenvalue weighted by molar-refractivity contribution is 0.570. The van der Waals surface area contributed by atoms with E-state index in [9.17, 15) is 0 Å². The fraction of sp³-hybridized carbons (Fsp3) is 0.562. The molecule has 1 N–H and O–H groups in total.